The number of benzene rings is 5. The summed E-state index contributed by atoms with van der Waals surface area (Å²) in [6.45, 7) is -0.0771. The summed E-state index contributed by atoms with van der Waals surface area (Å²) >= 11 is 12.3. The molecule has 224 valence electrons. The molecule has 6 nitrogen and oxygen atoms in total. The minimum absolute atomic E-state index is 0.0438. The Morgan fingerprint density at radius 1 is 0.727 bits per heavy atom. The smallest absolute Gasteiger partial charge is 0.255 e. The minimum Gasteiger partial charge on any atom is -0.506 e. The number of carbonyl (C=O) groups is 1. The van der Waals surface area contributed by atoms with Gasteiger partial charge in [-0.05, 0) is 70.3 Å². The fourth-order valence-corrected chi connectivity index (χ4v) is 6.63. The van der Waals surface area contributed by atoms with Gasteiger partial charge in [0.15, 0.2) is 0 Å². The van der Waals surface area contributed by atoms with Crippen LogP contribution in [0.4, 0.5) is 4.39 Å². The highest BCUT2D eigenvalue weighted by molar-refractivity contribution is 7.89. The lowest BCUT2D eigenvalue weighted by Gasteiger charge is -2.24. The van der Waals surface area contributed by atoms with Crippen molar-refractivity contribution in [2.45, 2.75) is 24.5 Å². The Bertz CT molecular complexity index is 1890. The number of halogens is 3. The molecule has 5 aromatic carbocycles. The molecule has 0 aliphatic carbocycles. The van der Waals surface area contributed by atoms with Crippen LogP contribution in [-0.4, -0.2) is 23.7 Å². The van der Waals surface area contributed by atoms with Gasteiger partial charge in [0.1, 0.15) is 16.5 Å². The molecule has 5 rings (SSSR count). The molecule has 0 atom stereocenters. The maximum absolute atomic E-state index is 14.2. The largest absolute Gasteiger partial charge is 0.506 e. The van der Waals surface area contributed by atoms with Gasteiger partial charge in [-0.1, -0.05) is 96.0 Å². The van der Waals surface area contributed by atoms with Crippen LogP contribution in [-0.2, 0) is 29.7 Å². The van der Waals surface area contributed by atoms with Crippen molar-refractivity contribution in [3.05, 3.63) is 153 Å². The molecular formula is C34H27Cl2FN2O4S. The first-order valence-electron chi connectivity index (χ1n) is 13.5. The van der Waals surface area contributed by atoms with Crippen LogP contribution in [0.2, 0.25) is 10.0 Å². The van der Waals surface area contributed by atoms with Gasteiger partial charge in [-0.3, -0.25) is 4.79 Å². The SMILES string of the molecule is O=C(NCc1ccccc1)c1cc(Cl)cc(S(=O)(=O)N(Cc2ccc(F)cc2)Cc2cccc(-c3ccc(Cl)cc3)c2)c1O. The third kappa shape index (κ3) is 7.46. The fraction of sp³-hybridized carbons (Fsp3) is 0.0882. The fourth-order valence-electron chi connectivity index (χ4n) is 4.67. The Kier molecular flexibility index (Phi) is 9.66. The quantitative estimate of drug-likeness (QED) is 0.162. The van der Waals surface area contributed by atoms with Crippen molar-refractivity contribution >= 4 is 39.1 Å². The Hall–Kier alpha value is -4.21. The first-order valence-corrected chi connectivity index (χ1v) is 15.7. The topological polar surface area (TPSA) is 86.7 Å². The third-order valence-corrected chi connectivity index (χ3v) is 9.21. The number of aromatic hydroxyl groups is 1. The minimum atomic E-state index is -4.46. The van der Waals surface area contributed by atoms with Crippen molar-refractivity contribution in [2.75, 3.05) is 0 Å². The number of sulfonamides is 1. The molecule has 1 amide bonds. The lowest BCUT2D eigenvalue weighted by Crippen LogP contribution is -2.31. The molecule has 0 bridgehead atoms. The van der Waals surface area contributed by atoms with Gasteiger partial charge >= 0.3 is 0 Å². The zero-order valence-electron chi connectivity index (χ0n) is 23.3. The Morgan fingerprint density at radius 3 is 2.09 bits per heavy atom. The highest BCUT2D eigenvalue weighted by Gasteiger charge is 2.31. The lowest BCUT2D eigenvalue weighted by molar-refractivity contribution is 0.0947. The van der Waals surface area contributed by atoms with Gasteiger partial charge < -0.3 is 10.4 Å². The van der Waals surface area contributed by atoms with E-state index in [4.69, 9.17) is 23.2 Å². The van der Waals surface area contributed by atoms with Crippen LogP contribution in [0.1, 0.15) is 27.0 Å². The van der Waals surface area contributed by atoms with E-state index in [9.17, 15) is 22.7 Å². The van der Waals surface area contributed by atoms with Gasteiger partial charge in [0.2, 0.25) is 10.0 Å². The molecule has 0 spiro atoms. The predicted octanol–water partition coefficient (Wildman–Crippen LogP) is 7.83. The molecule has 0 aliphatic rings. The van der Waals surface area contributed by atoms with Crippen molar-refractivity contribution in [3.63, 3.8) is 0 Å². The number of phenols is 1. The van der Waals surface area contributed by atoms with Crippen molar-refractivity contribution < 1.29 is 22.7 Å². The van der Waals surface area contributed by atoms with E-state index in [1.54, 1.807) is 18.2 Å². The van der Waals surface area contributed by atoms with E-state index >= 15 is 0 Å². The number of rotatable bonds is 10. The van der Waals surface area contributed by atoms with Gasteiger partial charge in [0, 0.05) is 29.7 Å². The lowest BCUT2D eigenvalue weighted by atomic mass is 10.0. The van der Waals surface area contributed by atoms with Crippen molar-refractivity contribution in [1.82, 2.24) is 9.62 Å². The first kappa shape index (κ1) is 31.2. The summed E-state index contributed by atoms with van der Waals surface area (Å²) in [6, 6.07) is 31.5. The second-order valence-corrected chi connectivity index (χ2v) is 12.9. The average Bonchev–Trinajstić information content (AvgIpc) is 3.02. The van der Waals surface area contributed by atoms with Gasteiger partial charge in [-0.2, -0.15) is 4.31 Å². The van der Waals surface area contributed by atoms with Crippen LogP contribution in [0.3, 0.4) is 0 Å². The number of hydrogen-bond donors (Lipinski definition) is 2. The van der Waals surface area contributed by atoms with Crippen molar-refractivity contribution in [2.24, 2.45) is 0 Å². The summed E-state index contributed by atoms with van der Waals surface area (Å²) < 4.78 is 43.2. The van der Waals surface area contributed by atoms with E-state index in [0.717, 1.165) is 27.1 Å². The van der Waals surface area contributed by atoms with Gasteiger partial charge in [0.05, 0.1) is 5.56 Å². The molecule has 0 aromatic heterocycles. The highest BCUT2D eigenvalue weighted by Crippen LogP contribution is 2.34. The van der Waals surface area contributed by atoms with Gasteiger partial charge in [-0.15, -0.1) is 0 Å². The van der Waals surface area contributed by atoms with E-state index in [1.165, 1.54) is 30.3 Å². The van der Waals surface area contributed by atoms with E-state index in [-0.39, 0.29) is 30.2 Å². The predicted molar refractivity (Wildman–Crippen MR) is 170 cm³/mol. The van der Waals surface area contributed by atoms with Crippen molar-refractivity contribution in [3.8, 4) is 16.9 Å². The molecule has 0 aliphatic heterocycles. The van der Waals surface area contributed by atoms with E-state index < -0.39 is 32.4 Å². The number of nitrogens with zero attached hydrogens (tertiary/aromatic N) is 1. The Morgan fingerprint density at radius 2 is 1.39 bits per heavy atom. The van der Waals surface area contributed by atoms with Crippen LogP contribution in [0.15, 0.2) is 120 Å². The monoisotopic (exact) mass is 648 g/mol. The van der Waals surface area contributed by atoms with E-state index in [0.29, 0.717) is 16.1 Å². The standard InChI is InChI=1S/C34H27Cl2FN2O4S/c35-28-13-11-26(12-14-28)27-8-4-7-25(17-27)22-39(21-24-9-15-30(37)16-10-24)44(42,43)32-19-29(36)18-31(33(32)40)34(41)38-20-23-5-2-1-3-6-23/h1-19,40H,20-22H2,(H,38,41). The summed E-state index contributed by atoms with van der Waals surface area (Å²) in [4.78, 5) is 12.5. The van der Waals surface area contributed by atoms with Gasteiger partial charge in [-0.25, -0.2) is 12.8 Å². The molecule has 0 radical (unpaired) electrons. The Balaban J connectivity index is 1.50. The van der Waals surface area contributed by atoms with Gasteiger partial charge in [0.25, 0.3) is 5.91 Å². The zero-order chi connectivity index (χ0) is 31.3. The van der Waals surface area contributed by atoms with Crippen molar-refractivity contribution in [1.29, 1.82) is 0 Å². The van der Waals surface area contributed by atoms with E-state index in [2.05, 4.69) is 5.32 Å². The molecular weight excluding hydrogens is 622 g/mol. The van der Waals surface area contributed by atoms with Crippen LogP contribution in [0.25, 0.3) is 11.1 Å². The molecule has 10 heteroatoms. The molecule has 5 aromatic rings. The number of phenolic OH excluding ortho intramolecular Hbond substituents is 1. The zero-order valence-corrected chi connectivity index (χ0v) is 25.6. The molecule has 0 heterocycles. The first-order chi connectivity index (χ1) is 21.1. The number of amides is 1. The van der Waals surface area contributed by atoms with Crippen LogP contribution in [0, 0.1) is 5.82 Å². The maximum atomic E-state index is 14.2. The summed E-state index contributed by atoms with van der Waals surface area (Å²) in [6.07, 6.45) is 0. The summed E-state index contributed by atoms with van der Waals surface area (Å²) in [7, 11) is -4.46. The molecule has 0 saturated heterocycles. The second-order valence-electron chi connectivity index (χ2n) is 10.1. The molecule has 2 N–H and O–H groups in total. The molecule has 0 saturated carbocycles. The molecule has 0 unspecified atom stereocenters. The average molecular weight is 650 g/mol. The maximum Gasteiger partial charge on any atom is 0.255 e. The summed E-state index contributed by atoms with van der Waals surface area (Å²) in [5, 5.41) is 14.4. The second kappa shape index (κ2) is 13.6. The molecule has 44 heavy (non-hydrogen) atoms. The Labute approximate surface area is 265 Å². The van der Waals surface area contributed by atoms with Crippen LogP contribution < -0.4 is 5.32 Å². The number of carbonyl (C=O) groups excluding carboxylic acids is 1. The third-order valence-electron chi connectivity index (χ3n) is 6.93. The summed E-state index contributed by atoms with van der Waals surface area (Å²) in [5.41, 5.74) is 3.46. The number of nitrogens with one attached hydrogen (secondary N) is 1. The normalized spacial score (nSPS) is 11.5. The summed E-state index contributed by atoms with van der Waals surface area (Å²) in [5.74, 6) is -1.87. The molecule has 0 fully saturated rings. The number of hydrogen-bond acceptors (Lipinski definition) is 4. The van der Waals surface area contributed by atoms with Crippen LogP contribution in [0.5, 0.6) is 5.75 Å². The highest BCUT2D eigenvalue weighted by atomic mass is 35.5. The van der Waals surface area contributed by atoms with Crippen LogP contribution >= 0.6 is 23.2 Å². The van der Waals surface area contributed by atoms with E-state index in [1.807, 2.05) is 60.7 Å².